The fourth-order valence-electron chi connectivity index (χ4n) is 2.39. The number of hydrogen-bond donors (Lipinski definition) is 0. The lowest BCUT2D eigenvalue weighted by Gasteiger charge is -2.37. The van der Waals surface area contributed by atoms with Crippen LogP contribution in [0.3, 0.4) is 0 Å². The Morgan fingerprint density at radius 1 is 0.833 bits per heavy atom. The standard InChI is InChI=1S/C15H13Cl2NO4S2/c16-11-4-6-13(7-5-11)23(19,20)15-9-18(10-15)24(21,22)14-3-1-2-12(17)8-14/h1-8,15H,9-10H2. The van der Waals surface area contributed by atoms with Crippen molar-refractivity contribution in [2.24, 2.45) is 0 Å². The normalized spacial score (nSPS) is 16.8. The van der Waals surface area contributed by atoms with Gasteiger partial charge in [0, 0.05) is 23.1 Å². The van der Waals surface area contributed by atoms with Gasteiger partial charge in [0.05, 0.1) is 15.0 Å². The Kier molecular flexibility index (Phi) is 4.65. The van der Waals surface area contributed by atoms with Crippen LogP contribution in [0.4, 0.5) is 0 Å². The van der Waals surface area contributed by atoms with E-state index in [-0.39, 0.29) is 22.9 Å². The van der Waals surface area contributed by atoms with E-state index in [1.165, 1.54) is 42.5 Å². The van der Waals surface area contributed by atoms with Crippen molar-refractivity contribution < 1.29 is 16.8 Å². The molecule has 0 aliphatic carbocycles. The molecule has 0 spiro atoms. The minimum absolute atomic E-state index is 0.0531. The largest absolute Gasteiger partial charge is 0.243 e. The molecule has 1 heterocycles. The molecule has 0 aromatic heterocycles. The van der Waals surface area contributed by atoms with E-state index in [0.29, 0.717) is 10.0 Å². The first kappa shape index (κ1) is 17.7. The van der Waals surface area contributed by atoms with E-state index in [9.17, 15) is 16.8 Å². The number of rotatable bonds is 4. The van der Waals surface area contributed by atoms with Crippen LogP contribution in [0.1, 0.15) is 0 Å². The van der Waals surface area contributed by atoms with Crippen molar-refractivity contribution in [3.63, 3.8) is 0 Å². The van der Waals surface area contributed by atoms with Gasteiger partial charge in [-0.15, -0.1) is 0 Å². The molecule has 0 amide bonds. The third-order valence-corrected chi connectivity index (χ3v) is 8.25. The maximum Gasteiger partial charge on any atom is 0.243 e. The first-order valence-corrected chi connectivity index (χ1v) is 10.7. The SMILES string of the molecule is O=S(=O)(c1ccc(Cl)cc1)C1CN(S(=O)(=O)c2cccc(Cl)c2)C1. The van der Waals surface area contributed by atoms with Gasteiger partial charge in [0.2, 0.25) is 10.0 Å². The second-order valence-corrected chi connectivity index (χ2v) is 10.4. The van der Waals surface area contributed by atoms with E-state index in [0.717, 1.165) is 4.31 Å². The van der Waals surface area contributed by atoms with Gasteiger partial charge in [0.1, 0.15) is 0 Å². The number of halogens is 2. The second-order valence-electron chi connectivity index (χ2n) is 5.40. The van der Waals surface area contributed by atoms with Gasteiger partial charge >= 0.3 is 0 Å². The Balaban J connectivity index is 1.78. The summed E-state index contributed by atoms with van der Waals surface area (Å²) in [7, 11) is -7.34. The number of nitrogens with zero attached hydrogens (tertiary/aromatic N) is 1. The highest BCUT2D eigenvalue weighted by atomic mass is 35.5. The molecule has 24 heavy (non-hydrogen) atoms. The Morgan fingerprint density at radius 2 is 1.46 bits per heavy atom. The van der Waals surface area contributed by atoms with E-state index in [2.05, 4.69) is 0 Å². The van der Waals surface area contributed by atoms with Crippen molar-refractivity contribution in [2.75, 3.05) is 13.1 Å². The van der Waals surface area contributed by atoms with Gasteiger partial charge in [-0.05, 0) is 42.5 Å². The molecule has 2 aromatic rings. The number of sulfone groups is 1. The van der Waals surface area contributed by atoms with Crippen LogP contribution in [0.2, 0.25) is 10.0 Å². The highest BCUT2D eigenvalue weighted by molar-refractivity contribution is 7.92. The average molecular weight is 406 g/mol. The molecular weight excluding hydrogens is 393 g/mol. The van der Waals surface area contributed by atoms with Crippen molar-refractivity contribution in [3.05, 3.63) is 58.6 Å². The summed E-state index contributed by atoms with van der Waals surface area (Å²) in [5.74, 6) is 0. The summed E-state index contributed by atoms with van der Waals surface area (Å²) in [4.78, 5) is 0.189. The highest BCUT2D eigenvalue weighted by Gasteiger charge is 2.44. The average Bonchev–Trinajstić information content (AvgIpc) is 2.45. The van der Waals surface area contributed by atoms with Crippen molar-refractivity contribution in [1.29, 1.82) is 0 Å². The zero-order chi connectivity index (χ0) is 17.5. The Bertz CT molecular complexity index is 967. The highest BCUT2D eigenvalue weighted by Crippen LogP contribution is 2.29. The number of sulfonamides is 1. The lowest BCUT2D eigenvalue weighted by Crippen LogP contribution is -2.56. The van der Waals surface area contributed by atoms with Gasteiger partial charge in [-0.25, -0.2) is 16.8 Å². The van der Waals surface area contributed by atoms with Crippen molar-refractivity contribution in [2.45, 2.75) is 15.0 Å². The van der Waals surface area contributed by atoms with Gasteiger partial charge < -0.3 is 0 Å². The van der Waals surface area contributed by atoms with Crippen LogP contribution in [-0.4, -0.2) is 39.5 Å². The summed E-state index contributed by atoms with van der Waals surface area (Å²) < 4.78 is 51.1. The van der Waals surface area contributed by atoms with Crippen LogP contribution in [-0.2, 0) is 19.9 Å². The zero-order valence-corrected chi connectivity index (χ0v) is 15.4. The molecule has 5 nitrogen and oxygen atoms in total. The molecule has 0 atom stereocenters. The Hall–Kier alpha value is -1.12. The molecule has 9 heteroatoms. The molecule has 128 valence electrons. The van der Waals surface area contributed by atoms with Gasteiger partial charge in [-0.2, -0.15) is 4.31 Å². The van der Waals surface area contributed by atoms with Crippen LogP contribution in [0.15, 0.2) is 58.3 Å². The van der Waals surface area contributed by atoms with Crippen molar-refractivity contribution in [3.8, 4) is 0 Å². The van der Waals surface area contributed by atoms with Gasteiger partial charge in [0.25, 0.3) is 0 Å². The smallest absolute Gasteiger partial charge is 0.223 e. The first-order chi connectivity index (χ1) is 11.2. The summed E-state index contributed by atoms with van der Waals surface area (Å²) in [6.07, 6.45) is 0. The van der Waals surface area contributed by atoms with Crippen molar-refractivity contribution in [1.82, 2.24) is 4.31 Å². The molecule has 1 aliphatic heterocycles. The fraction of sp³-hybridized carbons (Fsp3) is 0.200. The van der Waals surface area contributed by atoms with E-state index >= 15 is 0 Å². The van der Waals surface area contributed by atoms with Crippen LogP contribution in [0, 0.1) is 0 Å². The monoisotopic (exact) mass is 405 g/mol. The molecule has 0 unspecified atom stereocenters. The predicted octanol–water partition coefficient (Wildman–Crippen LogP) is 2.84. The third kappa shape index (κ3) is 3.19. The van der Waals surface area contributed by atoms with Crippen LogP contribution >= 0.6 is 23.2 Å². The summed E-state index contributed by atoms with van der Waals surface area (Å²) in [6, 6.07) is 11.7. The molecule has 2 aromatic carbocycles. The topological polar surface area (TPSA) is 71.5 Å². The summed E-state index contributed by atoms with van der Waals surface area (Å²) in [5.41, 5.74) is 0. The van der Waals surface area contributed by atoms with Gasteiger partial charge in [-0.1, -0.05) is 29.3 Å². The number of benzene rings is 2. The maximum atomic E-state index is 12.5. The van der Waals surface area contributed by atoms with E-state index in [1.54, 1.807) is 6.07 Å². The molecule has 1 saturated heterocycles. The quantitative estimate of drug-likeness (QED) is 0.783. The van der Waals surface area contributed by atoms with Crippen molar-refractivity contribution >= 4 is 43.1 Å². The lowest BCUT2D eigenvalue weighted by atomic mass is 10.3. The maximum absolute atomic E-state index is 12.5. The molecule has 0 radical (unpaired) electrons. The molecule has 0 N–H and O–H groups in total. The van der Waals surface area contributed by atoms with Gasteiger partial charge in [0.15, 0.2) is 9.84 Å². The molecule has 3 rings (SSSR count). The van der Waals surface area contributed by atoms with Crippen LogP contribution in [0.25, 0.3) is 0 Å². The minimum atomic E-state index is -3.74. The molecule has 0 bridgehead atoms. The minimum Gasteiger partial charge on any atom is -0.223 e. The van der Waals surface area contributed by atoms with E-state index in [1.807, 2.05) is 0 Å². The van der Waals surface area contributed by atoms with Crippen LogP contribution < -0.4 is 0 Å². The second kappa shape index (κ2) is 6.31. The predicted molar refractivity (Wildman–Crippen MR) is 92.6 cm³/mol. The lowest BCUT2D eigenvalue weighted by molar-refractivity contribution is 0.309. The Morgan fingerprint density at radius 3 is 2.04 bits per heavy atom. The molecule has 1 aliphatic rings. The Labute approximate surface area is 150 Å². The summed E-state index contributed by atoms with van der Waals surface area (Å²) in [5, 5.41) is -0.0257. The molecule has 1 fully saturated rings. The zero-order valence-electron chi connectivity index (χ0n) is 12.3. The van der Waals surface area contributed by atoms with E-state index < -0.39 is 25.1 Å². The number of hydrogen-bond acceptors (Lipinski definition) is 4. The third-order valence-electron chi connectivity index (χ3n) is 3.83. The van der Waals surface area contributed by atoms with Gasteiger partial charge in [-0.3, -0.25) is 0 Å². The fourth-order valence-corrected chi connectivity index (χ4v) is 6.19. The molecular formula is C15H13Cl2NO4S2. The first-order valence-electron chi connectivity index (χ1n) is 6.96. The molecule has 0 saturated carbocycles. The summed E-state index contributed by atoms with van der Waals surface area (Å²) in [6.45, 7) is -0.167. The van der Waals surface area contributed by atoms with Crippen LogP contribution in [0.5, 0.6) is 0 Å². The summed E-state index contributed by atoms with van der Waals surface area (Å²) >= 11 is 11.6. The van der Waals surface area contributed by atoms with E-state index in [4.69, 9.17) is 23.2 Å².